The molecule has 6 amide bonds. The van der Waals surface area contributed by atoms with Crippen molar-refractivity contribution >= 4 is 94.2 Å². The number of aryl methyl sites for hydroxylation is 2. The van der Waals surface area contributed by atoms with E-state index in [1.165, 1.54) is 109 Å². The number of hydrogen-bond donors (Lipinski definition) is 10. The number of carbonyl (C=O) groups is 5. The van der Waals surface area contributed by atoms with E-state index in [4.69, 9.17) is 0 Å². The Morgan fingerprint density at radius 2 is 0.696 bits per heavy atom. The van der Waals surface area contributed by atoms with E-state index in [1.807, 2.05) is 0 Å². The van der Waals surface area contributed by atoms with Gasteiger partial charge in [-0.25, -0.2) is 4.79 Å². The Morgan fingerprint density at radius 1 is 0.392 bits per heavy atom. The molecule has 0 heterocycles. The second-order valence-corrected chi connectivity index (χ2v) is 23.1. The molecule has 0 aliphatic carbocycles. The fourth-order valence-electron chi connectivity index (χ4n) is 7.23. The molecular weight excluding hydrogens is 1150 g/mol. The molecule has 0 saturated heterocycles. The van der Waals surface area contributed by atoms with E-state index in [0.29, 0.717) is 11.1 Å². The van der Waals surface area contributed by atoms with Crippen LogP contribution < -0.4 is 170 Å². The van der Waals surface area contributed by atoms with Gasteiger partial charge in [0, 0.05) is 81.0 Å². The fourth-order valence-corrected chi connectivity index (χ4v) is 9.93. The van der Waals surface area contributed by atoms with Crippen molar-refractivity contribution in [3.63, 3.8) is 0 Å². The van der Waals surface area contributed by atoms with Crippen molar-refractivity contribution in [1.29, 1.82) is 0 Å². The van der Waals surface area contributed by atoms with Crippen LogP contribution in [0.1, 0.15) is 74.8 Å². The van der Waals surface area contributed by atoms with Crippen LogP contribution in [0.5, 0.6) is 0 Å². The average molecular weight is 1200 g/mol. The second-order valence-electron chi connectivity index (χ2n) is 16.8. The number of urea groups is 1. The van der Waals surface area contributed by atoms with Gasteiger partial charge in [0.2, 0.25) is 0 Å². The van der Waals surface area contributed by atoms with Crippen LogP contribution in [-0.4, -0.2) is 54.7 Å². The van der Waals surface area contributed by atoms with Crippen molar-refractivity contribution in [1.82, 2.24) is 0 Å². The smallest absolute Gasteiger partial charge is 0.778 e. The van der Waals surface area contributed by atoms with Crippen LogP contribution >= 0.6 is 30.4 Å². The Labute approximate surface area is 540 Å². The van der Waals surface area contributed by atoms with E-state index < -0.39 is 84.7 Å². The maximum absolute atomic E-state index is 13.5. The van der Waals surface area contributed by atoms with Gasteiger partial charge in [-0.2, -0.15) is 0 Å². The Hall–Kier alpha value is -2.97. The van der Waals surface area contributed by atoms with Gasteiger partial charge in [0.1, 0.15) is 30.4 Å². The molecule has 6 aromatic carbocycles. The number of carbonyl (C=O) groups excluding carboxylic acids is 5. The normalized spacial score (nSPS) is 13.5. The third-order valence-corrected chi connectivity index (χ3v) is 13.6. The van der Waals surface area contributed by atoms with Crippen LogP contribution in [-0.2, 0) is 42.9 Å². The molecule has 32 heteroatoms. The zero-order valence-corrected chi connectivity index (χ0v) is 54.8. The Bertz CT molecular complexity index is 3210. The zero-order chi connectivity index (χ0) is 54.3. The molecule has 0 aromatic heterocycles. The summed E-state index contributed by atoms with van der Waals surface area (Å²) in [6.07, 6.45) is -3.57. The van der Waals surface area contributed by atoms with Crippen molar-refractivity contribution in [3.05, 3.63) is 177 Å². The van der Waals surface area contributed by atoms with E-state index in [-0.39, 0.29) is 202 Å². The third-order valence-electron chi connectivity index (χ3n) is 10.6. The molecule has 0 aliphatic heterocycles. The summed E-state index contributed by atoms with van der Waals surface area (Å²) < 4.78 is 46.3. The van der Waals surface area contributed by atoms with E-state index >= 15 is 0 Å². The summed E-state index contributed by atoms with van der Waals surface area (Å²) >= 11 is 0. The number of amides is 6. The molecule has 0 bridgehead atoms. The molecule has 4 atom stereocenters. The summed E-state index contributed by atoms with van der Waals surface area (Å²) in [5.74, 6) is -2.81. The summed E-state index contributed by atoms with van der Waals surface area (Å²) in [5.41, 5.74) is 1.59. The summed E-state index contributed by atoms with van der Waals surface area (Å²) in [6.45, 7) is 3.31. The summed E-state index contributed by atoms with van der Waals surface area (Å²) in [6, 6.07) is 26.6. The number of hydrogen-bond acceptors (Lipinski definition) is 13. The van der Waals surface area contributed by atoms with Crippen molar-refractivity contribution < 1.29 is 205 Å². The Balaban J connectivity index is 0.00000624. The van der Waals surface area contributed by atoms with Gasteiger partial charge in [0.25, 0.3) is 23.6 Å². The molecule has 6 rings (SSSR count). The maximum atomic E-state index is 13.5. The molecule has 396 valence electrons. The predicted molar refractivity (Wildman–Crippen MR) is 270 cm³/mol. The van der Waals surface area contributed by atoms with E-state index in [2.05, 4.69) is 31.9 Å². The minimum atomic E-state index is -4.96. The number of anilines is 6. The molecule has 0 fully saturated rings. The second kappa shape index (κ2) is 31.6. The maximum Gasteiger partial charge on any atom is 1.00 e. The Morgan fingerprint density at radius 3 is 1.01 bits per heavy atom. The molecule has 0 aliphatic rings. The molecule has 4 unspecified atom stereocenters. The summed E-state index contributed by atoms with van der Waals surface area (Å²) in [7, 11) is -19.5. The first kappa shape index (κ1) is 74.0. The van der Waals surface area contributed by atoms with Crippen molar-refractivity contribution in [3.8, 4) is 0 Å². The monoisotopic (exact) mass is 1200 g/mol. The van der Waals surface area contributed by atoms with Crippen LogP contribution in [0.25, 0.3) is 0 Å². The average Bonchev–Trinajstić information content (AvgIpc) is 3.27. The molecular formula is C47H46N6Na4O18P4. The van der Waals surface area contributed by atoms with Gasteiger partial charge in [-0.15, -0.1) is 0 Å². The number of rotatable bonds is 18. The fraction of sp³-hybridized carbons (Fsp3) is 0.128. The quantitative estimate of drug-likeness (QED) is 0.0282. The Kier molecular flexibility index (Phi) is 29.6. The standard InChI is InChI=1S/C47H48N6O17P4.4Na.H2O/c1-27-9-13-33(45(56)50-39-15-11-29(23-71(59,60)61)17-35(39)25-73(65,66)67)21-41(27)52-43(54)31-5-3-7-37(19-31)48-47(58)49-38-8-4-6-32(20-38)44(55)53-42-22-34(14-10-28(42)2)46(57)51-40-16-12-30(24-72(62,63)64)18-36(40)26-74(68,69)70;;;;;/h3-22H,23-26H2,1-2H3,(H,50,56)(H,51,57)(H,52,54)(H,53,55)(H2,48,49,58)(H2,59,60,61)(H2,62,63,64)(H2,65,66,67)(H2,68,69,70);;;;;1H2/q;4*+1;/p-4. The van der Waals surface area contributed by atoms with Crippen LogP contribution in [0.15, 0.2) is 121 Å². The first-order valence-corrected chi connectivity index (χ1v) is 28.6. The van der Waals surface area contributed by atoms with Crippen molar-refractivity contribution in [2.45, 2.75) is 38.5 Å². The topological polar surface area (TPSA) is 430 Å². The van der Waals surface area contributed by atoms with Gasteiger partial charge < -0.3 is 94.8 Å². The van der Waals surface area contributed by atoms with Crippen LogP contribution in [0.3, 0.4) is 0 Å². The molecule has 0 radical (unpaired) electrons. The number of benzene rings is 6. The summed E-state index contributed by atoms with van der Waals surface area (Å²) in [4.78, 5) is 151. The van der Waals surface area contributed by atoms with Gasteiger partial charge in [0.05, 0.1) is 0 Å². The number of nitrogens with one attached hydrogen (secondary N) is 6. The van der Waals surface area contributed by atoms with E-state index in [1.54, 1.807) is 13.8 Å². The first-order chi connectivity index (χ1) is 34.5. The van der Waals surface area contributed by atoms with Gasteiger partial charge >= 0.3 is 124 Å². The van der Waals surface area contributed by atoms with Crippen molar-refractivity contribution in [2.75, 3.05) is 31.9 Å². The molecule has 12 N–H and O–H groups in total. The van der Waals surface area contributed by atoms with Crippen LogP contribution in [0.2, 0.25) is 0 Å². The SMILES string of the molecule is Cc1ccc(C(=O)Nc2ccc(CP(=O)([O-])O)cc2CP(=O)([O-])O)cc1NC(=O)c1cccc(NC(=O)Nc2cccc(C(=O)Nc3cc(C(=O)Nc4ccc(CP(=O)([O-])O)cc4CP(=O)([O-])O)ccc3C)c2)c1.O.[Na+].[Na+].[Na+].[Na+]. The first-order valence-electron chi connectivity index (χ1n) is 21.6. The third kappa shape index (κ3) is 24.0. The minimum absolute atomic E-state index is 0. The molecule has 0 saturated carbocycles. The summed E-state index contributed by atoms with van der Waals surface area (Å²) in [5, 5.41) is 15.6. The van der Waals surface area contributed by atoms with Gasteiger partial charge in [-0.1, -0.05) is 48.5 Å². The van der Waals surface area contributed by atoms with Gasteiger partial charge in [-0.05, 0) is 120 Å². The zero-order valence-electron chi connectivity index (χ0n) is 43.3. The largest absolute Gasteiger partial charge is 1.00 e. The van der Waals surface area contributed by atoms with E-state index in [9.17, 15) is 81.4 Å². The van der Waals surface area contributed by atoms with Crippen LogP contribution in [0.4, 0.5) is 38.9 Å². The molecule has 6 aromatic rings. The van der Waals surface area contributed by atoms with Crippen molar-refractivity contribution in [2.24, 2.45) is 0 Å². The molecule has 0 spiro atoms. The predicted octanol–water partition coefficient (Wildman–Crippen LogP) is -7.67. The van der Waals surface area contributed by atoms with Gasteiger partial charge in [0.15, 0.2) is 0 Å². The molecule has 79 heavy (non-hydrogen) atoms. The van der Waals surface area contributed by atoms with Crippen LogP contribution in [0, 0.1) is 13.8 Å². The minimum Gasteiger partial charge on any atom is -0.778 e. The molecule has 24 nitrogen and oxygen atoms in total. The van der Waals surface area contributed by atoms with E-state index in [0.717, 1.165) is 12.1 Å². The van der Waals surface area contributed by atoms with Gasteiger partial charge in [-0.3, -0.25) is 19.2 Å².